The quantitative estimate of drug-likeness (QED) is 0.0122. The van der Waals surface area contributed by atoms with Crippen LogP contribution in [0.2, 0.25) is 10.1 Å². The number of esters is 5. The second-order valence-electron chi connectivity index (χ2n) is 25.4. The van der Waals surface area contributed by atoms with E-state index in [1.54, 1.807) is 12.1 Å². The van der Waals surface area contributed by atoms with Gasteiger partial charge in [-0.15, -0.1) is 0 Å². The molecular weight excluding hydrogens is 1260 g/mol. The molecule has 4 aliphatic rings. The molecule has 9 rings (SSSR count). The summed E-state index contributed by atoms with van der Waals surface area (Å²) >= 11 is 0. The molecule has 0 radical (unpaired) electrons. The van der Waals surface area contributed by atoms with Crippen LogP contribution in [0.25, 0.3) is 10.4 Å². The van der Waals surface area contributed by atoms with Crippen molar-refractivity contribution in [1.29, 1.82) is 0 Å². The van der Waals surface area contributed by atoms with Crippen molar-refractivity contribution in [3.05, 3.63) is 179 Å². The van der Waals surface area contributed by atoms with Crippen LogP contribution in [-0.2, 0) is 84.9 Å². The van der Waals surface area contributed by atoms with E-state index in [0.29, 0.717) is 0 Å². The maximum atomic E-state index is 14.7. The molecule has 0 spiro atoms. The fourth-order valence-corrected chi connectivity index (χ4v) is 22.2. The van der Waals surface area contributed by atoms with Crippen molar-refractivity contribution in [2.24, 2.45) is 5.11 Å². The molecule has 2 saturated heterocycles. The van der Waals surface area contributed by atoms with Crippen LogP contribution in [0, 0.1) is 0 Å². The fourth-order valence-electron chi connectivity index (χ4n) is 13.1. The van der Waals surface area contributed by atoms with E-state index in [4.69, 9.17) is 61.0 Å². The average Bonchev–Trinajstić information content (AvgIpc) is 1.76. The standard InChI is InChI=1S/C69H80N4O20Si2/c1-41(74)82-38-54-53(85-42(2)75)37-52(73-63(79)50-35-25-26-36-51(50)64(73)80)65(89-54)93-61-59(86-43(3)76)56(40-84-95(69(9,10)11,48-31-21-15-22-32-48)49-33-23-16-24-34-49)91-67(62(61)88-45(5)78)92-58-55(90-66(81-12)57(71-72-70)60(58)87-44(4)77)39-83-94(68(6,7)8,46-27-17-13-18-28-46)47-29-19-14-20-30-47/h13-37,53-62,65-67H,38-40H2,1-12H3/t53-,54+,55+,56+,57+,58+,59-,60+,61-,62+,65+,66+,67-/m0/s1. The minimum atomic E-state index is -3.61. The molecule has 5 aromatic carbocycles. The van der Waals surface area contributed by atoms with Gasteiger partial charge in [-0.3, -0.25) is 33.6 Å². The van der Waals surface area contributed by atoms with Gasteiger partial charge in [-0.05, 0) is 54.6 Å². The van der Waals surface area contributed by atoms with Crippen LogP contribution >= 0.6 is 0 Å². The average molecular weight is 1340 g/mol. The molecule has 2 fully saturated rings. The van der Waals surface area contributed by atoms with Gasteiger partial charge in [0.05, 0.1) is 30.0 Å². The zero-order chi connectivity index (χ0) is 68.6. The number of rotatable bonds is 23. The van der Waals surface area contributed by atoms with Gasteiger partial charge in [-0.2, -0.15) is 0 Å². The smallest absolute Gasteiger partial charge is 0.303 e. The van der Waals surface area contributed by atoms with E-state index in [0.717, 1.165) is 60.3 Å². The van der Waals surface area contributed by atoms with Crippen LogP contribution in [0.15, 0.2) is 162 Å². The lowest BCUT2D eigenvalue weighted by Crippen LogP contribution is -2.70. The Morgan fingerprint density at radius 3 is 1.32 bits per heavy atom. The van der Waals surface area contributed by atoms with E-state index >= 15 is 0 Å². The van der Waals surface area contributed by atoms with Crippen LogP contribution in [-0.4, -0.2) is 170 Å². The molecule has 5 aromatic rings. The minimum Gasteiger partial charge on any atom is -0.463 e. The van der Waals surface area contributed by atoms with Gasteiger partial charge in [0.1, 0.15) is 49.3 Å². The molecule has 0 N–H and O–H groups in total. The van der Waals surface area contributed by atoms with Crippen LogP contribution < -0.4 is 20.7 Å². The van der Waals surface area contributed by atoms with Crippen molar-refractivity contribution in [2.45, 2.75) is 166 Å². The summed E-state index contributed by atoms with van der Waals surface area (Å²) < 4.78 is 85.8. The highest BCUT2D eigenvalue weighted by molar-refractivity contribution is 7.00. The van der Waals surface area contributed by atoms with Gasteiger partial charge in [-0.1, -0.05) is 180 Å². The molecule has 0 unspecified atom stereocenters. The number of amides is 2. The zero-order valence-corrected chi connectivity index (χ0v) is 57.0. The molecule has 26 heteroatoms. The van der Waals surface area contributed by atoms with Crippen molar-refractivity contribution in [3.8, 4) is 0 Å². The number of imide groups is 1. The van der Waals surface area contributed by atoms with Gasteiger partial charge in [0, 0.05) is 46.6 Å². The van der Waals surface area contributed by atoms with Gasteiger partial charge in [0.2, 0.25) is 6.29 Å². The lowest BCUT2D eigenvalue weighted by atomic mass is 9.95. The Hall–Kier alpha value is -8.25. The van der Waals surface area contributed by atoms with Gasteiger partial charge >= 0.3 is 29.8 Å². The highest BCUT2D eigenvalue weighted by Crippen LogP contribution is 2.43. The van der Waals surface area contributed by atoms with E-state index in [-0.39, 0.29) is 23.4 Å². The van der Waals surface area contributed by atoms with E-state index in [1.165, 1.54) is 25.3 Å². The number of hydrogen-bond donors (Lipinski definition) is 0. The van der Waals surface area contributed by atoms with E-state index in [1.807, 2.05) is 142 Å². The Kier molecular flexibility index (Phi) is 22.6. The number of nitrogens with zero attached hydrogens (tertiary/aromatic N) is 4. The van der Waals surface area contributed by atoms with E-state index in [2.05, 4.69) is 30.8 Å². The van der Waals surface area contributed by atoms with Crippen LogP contribution in [0.1, 0.15) is 96.9 Å². The summed E-state index contributed by atoms with van der Waals surface area (Å²) in [6.45, 7) is 16.6. The molecule has 95 heavy (non-hydrogen) atoms. The highest BCUT2D eigenvalue weighted by atomic mass is 28.4. The maximum absolute atomic E-state index is 14.7. The Labute approximate surface area is 553 Å². The molecule has 504 valence electrons. The summed E-state index contributed by atoms with van der Waals surface area (Å²) in [6.07, 6.45) is -18.7. The predicted molar refractivity (Wildman–Crippen MR) is 347 cm³/mol. The Bertz CT molecular complexity index is 3530. The normalized spacial score (nSPS) is 25.5. The molecule has 0 saturated carbocycles. The molecule has 0 bridgehead atoms. The number of benzene rings is 5. The van der Waals surface area contributed by atoms with Gasteiger partial charge in [-0.25, -0.2) is 4.90 Å². The lowest BCUT2D eigenvalue weighted by Gasteiger charge is -2.51. The molecule has 2 amide bonds. The van der Waals surface area contributed by atoms with Crippen molar-refractivity contribution in [3.63, 3.8) is 0 Å². The molecule has 0 aliphatic carbocycles. The fraction of sp³-hybridized carbons (Fsp3) is 0.435. The molecular formula is C69H80N4O20Si2. The minimum absolute atomic E-state index is 0.000798. The summed E-state index contributed by atoms with van der Waals surface area (Å²) in [5.74, 6) is -5.97. The third-order valence-electron chi connectivity index (χ3n) is 16.9. The highest BCUT2D eigenvalue weighted by Gasteiger charge is 2.60. The number of fused-ring (bicyclic) bond motifs is 1. The van der Waals surface area contributed by atoms with Gasteiger partial charge in [0.25, 0.3) is 28.4 Å². The molecule has 4 heterocycles. The second-order valence-corrected chi connectivity index (χ2v) is 34.0. The van der Waals surface area contributed by atoms with Crippen LogP contribution in [0.3, 0.4) is 0 Å². The molecule has 0 aromatic heterocycles. The number of carbonyl (C=O) groups excluding carboxylic acids is 7. The lowest BCUT2D eigenvalue weighted by molar-refractivity contribution is -0.359. The Balaban J connectivity index is 1.26. The number of hydrogen-bond acceptors (Lipinski definition) is 21. The summed E-state index contributed by atoms with van der Waals surface area (Å²) in [5.41, 5.74) is 9.88. The summed E-state index contributed by atoms with van der Waals surface area (Å²) in [4.78, 5) is 100. The number of azide groups is 1. The first-order valence-electron chi connectivity index (χ1n) is 31.1. The molecule has 24 nitrogen and oxygen atoms in total. The number of methoxy groups -OCH3 is 1. The first-order valence-corrected chi connectivity index (χ1v) is 34.9. The third-order valence-corrected chi connectivity index (χ3v) is 26.9. The second kappa shape index (κ2) is 30.2. The van der Waals surface area contributed by atoms with Gasteiger partial charge < -0.3 is 61.0 Å². The third kappa shape index (κ3) is 15.2. The topological polar surface area (TPSA) is 291 Å². The molecule has 13 atom stereocenters. The van der Waals surface area contributed by atoms with Crippen LogP contribution in [0.4, 0.5) is 0 Å². The first-order chi connectivity index (χ1) is 45.2. The van der Waals surface area contributed by atoms with Gasteiger partial charge in [0.15, 0.2) is 30.9 Å². The summed E-state index contributed by atoms with van der Waals surface area (Å²) in [6, 6.07) is 43.2. The summed E-state index contributed by atoms with van der Waals surface area (Å²) in [5, 5.41) is 6.23. The number of carbonyl (C=O) groups is 7. The number of ether oxygens (including phenoxy) is 11. The van der Waals surface area contributed by atoms with E-state index < -0.39 is 161 Å². The largest absolute Gasteiger partial charge is 0.463 e. The summed E-state index contributed by atoms with van der Waals surface area (Å²) in [7, 11) is -5.79. The van der Waals surface area contributed by atoms with Crippen LogP contribution in [0.5, 0.6) is 0 Å². The maximum Gasteiger partial charge on any atom is 0.303 e. The Morgan fingerprint density at radius 2 is 0.905 bits per heavy atom. The Morgan fingerprint density at radius 1 is 0.495 bits per heavy atom. The zero-order valence-electron chi connectivity index (χ0n) is 55.0. The monoisotopic (exact) mass is 1340 g/mol. The molecule has 4 aliphatic heterocycles. The van der Waals surface area contributed by atoms with Crippen molar-refractivity contribution < 1.29 is 94.5 Å². The SMILES string of the molecule is CO[C@@H]1O[C@H](CO[Si](c2ccccc2)(c2ccccc2)C(C)(C)C)[C@@H](O[C@@H]2O[C@H](CO[Si](c3ccccc3)(c3ccccc3)C(C)(C)C)[C@H](OC(C)=O)[C@H](O[C@H]3O[C@H](COC(C)=O)[C@@H](OC(C)=O)C=C3N3C(=O)c4ccccc4C3=O)[C@H]2OC(C)=O)[C@H](OC(C)=O)[C@H]1N=[N+]=[N-]. The van der Waals surface area contributed by atoms with Crippen molar-refractivity contribution >= 4 is 79.0 Å². The first kappa shape index (κ1) is 71.1. The predicted octanol–water partition coefficient (Wildman–Crippen LogP) is 6.88. The van der Waals surface area contributed by atoms with Crippen molar-refractivity contribution in [2.75, 3.05) is 26.9 Å². The van der Waals surface area contributed by atoms with E-state index in [9.17, 15) is 39.1 Å². The van der Waals surface area contributed by atoms with Crippen molar-refractivity contribution in [1.82, 2.24) is 4.90 Å².